The number of allylic oxidation sites excluding steroid dienone is 1. The summed E-state index contributed by atoms with van der Waals surface area (Å²) < 4.78 is 2.23. The second-order valence-electron chi connectivity index (χ2n) is 10.5. The number of nitrogens with zero attached hydrogens (tertiary/aromatic N) is 2. The van der Waals surface area contributed by atoms with Crippen molar-refractivity contribution in [2.45, 2.75) is 18.6 Å². The highest BCUT2D eigenvalue weighted by molar-refractivity contribution is 7.01. The van der Waals surface area contributed by atoms with Crippen molar-refractivity contribution in [1.29, 1.82) is 0 Å². The Kier molecular flexibility index (Phi) is 10.2. The number of imidazole rings is 1. The molecule has 0 N–H and O–H groups in total. The van der Waals surface area contributed by atoms with Crippen LogP contribution in [0.5, 0.6) is 0 Å². The molecule has 0 aliphatic carbocycles. The molecule has 42 heavy (non-hydrogen) atoms. The molecule has 0 saturated carbocycles. The van der Waals surface area contributed by atoms with Crippen LogP contribution in [0.3, 0.4) is 0 Å². The Morgan fingerprint density at radius 2 is 1.00 bits per heavy atom. The van der Waals surface area contributed by atoms with Crippen molar-refractivity contribution in [3.63, 3.8) is 0 Å². The predicted molar refractivity (Wildman–Crippen MR) is 184 cm³/mol. The molecular weight excluding hydrogens is 523 g/mol. The Hall–Kier alpha value is -4.67. The minimum absolute atomic E-state index is 0.309. The molecule has 0 spiro atoms. The van der Waals surface area contributed by atoms with Crippen molar-refractivity contribution in [1.82, 2.24) is 9.55 Å². The smallest absolute Gasteiger partial charge is 0.241 e. The van der Waals surface area contributed by atoms with Crippen molar-refractivity contribution in [3.8, 4) is 0 Å². The second kappa shape index (κ2) is 14.8. The van der Waals surface area contributed by atoms with Crippen LogP contribution in [0.25, 0.3) is 0 Å². The van der Waals surface area contributed by atoms with Crippen molar-refractivity contribution in [3.05, 3.63) is 183 Å². The van der Waals surface area contributed by atoms with Gasteiger partial charge in [-0.3, -0.25) is 0 Å². The molecule has 0 atom stereocenters. The van der Waals surface area contributed by atoms with Gasteiger partial charge in [0.25, 0.3) is 0 Å². The van der Waals surface area contributed by atoms with Crippen LogP contribution in [0, 0.1) is 0 Å². The monoisotopic (exact) mass is 560 g/mol. The third-order valence-corrected chi connectivity index (χ3v) is 12.8. The van der Waals surface area contributed by atoms with Crippen LogP contribution in [-0.2, 0) is 6.17 Å². The number of hydrogen-bond donors (Lipinski definition) is 0. The van der Waals surface area contributed by atoms with Gasteiger partial charge in [-0.15, -0.1) is 6.58 Å². The van der Waals surface area contributed by atoms with Gasteiger partial charge in [0, 0.05) is 18.6 Å². The van der Waals surface area contributed by atoms with Crippen molar-refractivity contribution >= 4 is 41.5 Å². The lowest BCUT2D eigenvalue weighted by atomic mass is 9.37. The minimum atomic E-state index is -1.92. The maximum atomic E-state index is 4.24. The summed E-state index contributed by atoms with van der Waals surface area (Å²) in [5, 5.41) is 2.95. The molecule has 5 aromatic carbocycles. The van der Waals surface area contributed by atoms with Gasteiger partial charge in [-0.1, -0.05) is 184 Å². The Balaban J connectivity index is 0.000000171. The van der Waals surface area contributed by atoms with E-state index in [9.17, 15) is 0 Å². The third-order valence-electron chi connectivity index (χ3n) is 7.84. The molecule has 0 amide bonds. The van der Waals surface area contributed by atoms with E-state index in [0.717, 1.165) is 18.6 Å². The first kappa shape index (κ1) is 28.8. The molecule has 0 saturated heterocycles. The lowest BCUT2D eigenvalue weighted by molar-refractivity contribution is 0.848. The zero-order chi connectivity index (χ0) is 28.9. The van der Waals surface area contributed by atoms with Gasteiger partial charge in [0.1, 0.15) is 8.07 Å². The highest BCUT2D eigenvalue weighted by atomic mass is 28.3. The van der Waals surface area contributed by atoms with Gasteiger partial charge in [0.15, 0.2) is 0 Å². The summed E-state index contributed by atoms with van der Waals surface area (Å²) in [6.45, 7) is 4.26. The number of aromatic nitrogens is 2. The molecule has 1 aromatic heterocycles. The van der Waals surface area contributed by atoms with Gasteiger partial charge >= 0.3 is 0 Å². The molecule has 6 aromatic rings. The molecule has 1 heterocycles. The molecule has 0 fully saturated rings. The van der Waals surface area contributed by atoms with Crippen LogP contribution in [-0.4, -0.2) is 24.3 Å². The van der Waals surface area contributed by atoms with Gasteiger partial charge in [-0.25, -0.2) is 4.98 Å². The summed E-state index contributed by atoms with van der Waals surface area (Å²) in [7, 11) is -1.92. The van der Waals surface area contributed by atoms with Crippen LogP contribution in [0.2, 0.25) is 6.04 Å². The first-order valence-corrected chi connectivity index (χ1v) is 17.0. The quantitative estimate of drug-likeness (QED) is 0.161. The summed E-state index contributed by atoms with van der Waals surface area (Å²) in [5.41, 5.74) is 4.00. The molecule has 0 bridgehead atoms. The van der Waals surface area contributed by atoms with Gasteiger partial charge in [0.2, 0.25) is 6.71 Å². The zero-order valence-corrected chi connectivity index (χ0v) is 25.0. The third kappa shape index (κ3) is 7.15. The number of hydrogen-bond acceptors (Lipinski definition) is 1. The van der Waals surface area contributed by atoms with Crippen LogP contribution >= 0.6 is 0 Å². The van der Waals surface area contributed by atoms with Crippen LogP contribution < -0.4 is 26.8 Å². The molecule has 0 aliphatic rings. The van der Waals surface area contributed by atoms with E-state index >= 15 is 0 Å². The normalized spacial score (nSPS) is 10.8. The highest BCUT2D eigenvalue weighted by Gasteiger charge is 2.36. The van der Waals surface area contributed by atoms with Gasteiger partial charge < -0.3 is 4.57 Å². The summed E-state index contributed by atoms with van der Waals surface area (Å²) in [6, 6.07) is 55.2. The fraction of sp³-hybridized carbons (Fsp3) is 0.0789. The Morgan fingerprint density at radius 1 is 0.595 bits per heavy atom. The number of benzene rings is 5. The maximum absolute atomic E-state index is 4.24. The van der Waals surface area contributed by atoms with Crippen molar-refractivity contribution < 1.29 is 0 Å². The largest absolute Gasteiger partial charge is 0.340 e. The summed E-state index contributed by atoms with van der Waals surface area (Å²) in [4.78, 5) is 4.24. The van der Waals surface area contributed by atoms with Gasteiger partial charge in [-0.05, 0) is 12.5 Å². The molecule has 4 heteroatoms. The van der Waals surface area contributed by atoms with E-state index in [4.69, 9.17) is 0 Å². The zero-order valence-electron chi connectivity index (χ0n) is 24.0. The molecule has 0 radical (unpaired) electrons. The predicted octanol–water partition coefficient (Wildman–Crippen LogP) is 5.46. The lowest BCUT2D eigenvalue weighted by Crippen LogP contribution is -2.61. The SMILES string of the molecule is C=CCC[Si](Cn1ccnc1)(c1ccccc1)c1ccccc1.c1ccc(B(c2ccccc2)c2ccccc2)cc1. The first-order chi connectivity index (χ1) is 20.8. The molecular formula is C38H37BN2Si. The average molecular weight is 561 g/mol. The minimum Gasteiger partial charge on any atom is -0.340 e. The average Bonchev–Trinajstić information content (AvgIpc) is 3.59. The van der Waals surface area contributed by atoms with E-state index in [0.29, 0.717) is 6.71 Å². The van der Waals surface area contributed by atoms with Crippen LogP contribution in [0.4, 0.5) is 0 Å². The molecule has 0 aliphatic heterocycles. The van der Waals surface area contributed by atoms with Gasteiger partial charge in [0.05, 0.1) is 6.33 Å². The van der Waals surface area contributed by atoms with Crippen LogP contribution in [0.15, 0.2) is 183 Å². The van der Waals surface area contributed by atoms with E-state index in [1.54, 1.807) is 0 Å². The Labute approximate surface area is 252 Å². The maximum Gasteiger partial charge on any atom is 0.241 e. The summed E-state index contributed by atoms with van der Waals surface area (Å²) >= 11 is 0. The highest BCUT2D eigenvalue weighted by Crippen LogP contribution is 2.17. The first-order valence-electron chi connectivity index (χ1n) is 14.6. The second-order valence-corrected chi connectivity index (χ2v) is 14.7. The van der Waals surface area contributed by atoms with Gasteiger partial charge in [-0.2, -0.15) is 0 Å². The van der Waals surface area contributed by atoms with E-state index in [2.05, 4.69) is 174 Å². The molecule has 6 rings (SSSR count). The topological polar surface area (TPSA) is 17.8 Å². The number of rotatable bonds is 10. The van der Waals surface area contributed by atoms with E-state index < -0.39 is 8.07 Å². The molecule has 206 valence electrons. The Bertz CT molecular complexity index is 1460. The fourth-order valence-corrected chi connectivity index (χ4v) is 10.4. The summed E-state index contributed by atoms with van der Waals surface area (Å²) in [5.74, 6) is 0. The van der Waals surface area contributed by atoms with Crippen molar-refractivity contribution in [2.75, 3.05) is 0 Å². The summed E-state index contributed by atoms with van der Waals surface area (Å²) in [6.07, 6.45) is 9.95. The molecule has 0 unspecified atom stereocenters. The van der Waals surface area contributed by atoms with E-state index in [1.165, 1.54) is 26.8 Å². The molecule has 2 nitrogen and oxygen atoms in total. The Morgan fingerprint density at radius 3 is 1.36 bits per heavy atom. The fourth-order valence-electron chi connectivity index (χ4n) is 5.79. The van der Waals surface area contributed by atoms with Crippen LogP contribution in [0.1, 0.15) is 6.42 Å². The lowest BCUT2D eigenvalue weighted by Gasteiger charge is -2.33. The van der Waals surface area contributed by atoms with E-state index in [1.807, 2.05) is 18.6 Å². The standard InChI is InChI=1S/C20H22N2Si.C18H15B/c1-2-3-16-23(18-22-15-14-21-17-22,19-10-6-4-7-11-19)20-12-8-5-9-13-20;1-4-10-16(11-5-1)19(17-12-6-2-7-13-17)18-14-8-3-9-15-18/h2,4-15,17H,1,3,16,18H2;1-15H. The van der Waals surface area contributed by atoms with Crippen molar-refractivity contribution in [2.24, 2.45) is 0 Å². The van der Waals surface area contributed by atoms with E-state index in [-0.39, 0.29) is 0 Å².